The Kier molecular flexibility index (Phi) is 1.20. The summed E-state index contributed by atoms with van der Waals surface area (Å²) in [6, 6.07) is 0. The van der Waals surface area contributed by atoms with Gasteiger partial charge in [-0.1, -0.05) is 6.92 Å². The van der Waals surface area contributed by atoms with Crippen LogP contribution in [0.5, 0.6) is 0 Å². The van der Waals surface area contributed by atoms with Gasteiger partial charge in [0.2, 0.25) is 0 Å². The summed E-state index contributed by atoms with van der Waals surface area (Å²) in [6.45, 7) is 2.04. The van der Waals surface area contributed by atoms with Gasteiger partial charge >= 0.3 is 0 Å². The van der Waals surface area contributed by atoms with Gasteiger partial charge in [0.25, 0.3) is 0 Å². The summed E-state index contributed by atoms with van der Waals surface area (Å²) in [5, 5.41) is 0. The lowest BCUT2D eigenvalue weighted by atomic mass is 10.4. The van der Waals surface area contributed by atoms with Crippen LogP contribution in [0.4, 0.5) is 0 Å². The Morgan fingerprint density at radius 2 is 2.62 bits per heavy atom. The highest BCUT2D eigenvalue weighted by Gasteiger charge is 1.88. The van der Waals surface area contributed by atoms with Crippen LogP contribution in [0.25, 0.3) is 0 Å². The molecule has 8 heavy (non-hydrogen) atoms. The van der Waals surface area contributed by atoms with E-state index in [4.69, 9.17) is 5.84 Å². The summed E-state index contributed by atoms with van der Waals surface area (Å²) >= 11 is 0. The van der Waals surface area contributed by atoms with Crippen LogP contribution < -0.4 is 5.84 Å². The first-order chi connectivity index (χ1) is 3.83. The summed E-state index contributed by atoms with van der Waals surface area (Å²) in [5.74, 6) is 5.31. The molecule has 0 unspecified atom stereocenters. The highest BCUT2D eigenvalue weighted by molar-refractivity contribution is 4.94. The average molecular weight is 111 g/mol. The number of nitrogen functional groups attached to an aromatic ring is 1. The maximum Gasteiger partial charge on any atom is 0.114 e. The number of hydrogen-bond acceptors (Lipinski definition) is 2. The minimum Gasteiger partial charge on any atom is -0.338 e. The van der Waals surface area contributed by atoms with E-state index in [1.165, 1.54) is 4.68 Å². The van der Waals surface area contributed by atoms with Gasteiger partial charge in [-0.05, 0) is 6.42 Å². The molecule has 0 atom stereocenters. The van der Waals surface area contributed by atoms with E-state index in [1.807, 2.05) is 6.92 Å². The second-order valence-electron chi connectivity index (χ2n) is 1.67. The van der Waals surface area contributed by atoms with Gasteiger partial charge in [-0.3, -0.25) is 4.68 Å². The fraction of sp³-hybridized carbons (Fsp3) is 0.400. The van der Waals surface area contributed by atoms with Gasteiger partial charge in [0, 0.05) is 6.20 Å². The Hall–Kier alpha value is -0.990. The van der Waals surface area contributed by atoms with E-state index < -0.39 is 0 Å². The lowest BCUT2D eigenvalue weighted by molar-refractivity contribution is 0.998. The fourth-order valence-electron chi connectivity index (χ4n) is 0.562. The van der Waals surface area contributed by atoms with Crippen LogP contribution in [0.1, 0.15) is 12.6 Å². The number of aryl methyl sites for hydroxylation is 1. The molecule has 0 bridgehead atoms. The summed E-state index contributed by atoms with van der Waals surface area (Å²) in [6.07, 6.45) is 4.35. The molecule has 1 aromatic heterocycles. The third-order valence-corrected chi connectivity index (χ3v) is 1.02. The predicted molar refractivity (Wildman–Crippen MR) is 31.8 cm³/mol. The summed E-state index contributed by atoms with van der Waals surface area (Å²) in [7, 11) is 0. The Morgan fingerprint density at radius 1 is 1.88 bits per heavy atom. The van der Waals surface area contributed by atoms with Gasteiger partial charge in [0.05, 0.1) is 5.69 Å². The molecule has 0 amide bonds. The second kappa shape index (κ2) is 1.86. The minimum absolute atomic E-state index is 0.949. The quantitative estimate of drug-likeness (QED) is 0.524. The molecule has 2 N–H and O–H groups in total. The predicted octanol–water partition coefficient (Wildman–Crippen LogP) is 0.159. The normalized spacial score (nSPS) is 9.62. The first-order valence-corrected chi connectivity index (χ1v) is 2.61. The van der Waals surface area contributed by atoms with Crippen molar-refractivity contribution in [1.82, 2.24) is 9.66 Å². The molecular weight excluding hydrogens is 102 g/mol. The molecule has 1 heterocycles. The molecule has 0 saturated heterocycles. The number of nitrogens with zero attached hydrogens (tertiary/aromatic N) is 2. The molecule has 3 heteroatoms. The zero-order valence-corrected chi connectivity index (χ0v) is 4.83. The zero-order valence-electron chi connectivity index (χ0n) is 4.83. The van der Waals surface area contributed by atoms with Crippen molar-refractivity contribution < 1.29 is 0 Å². The van der Waals surface area contributed by atoms with Crippen molar-refractivity contribution in [2.75, 3.05) is 5.84 Å². The number of rotatable bonds is 1. The van der Waals surface area contributed by atoms with Crippen LogP contribution in [0.3, 0.4) is 0 Å². The summed E-state index contributed by atoms with van der Waals surface area (Å²) in [5.41, 5.74) is 1.03. The Labute approximate surface area is 48.1 Å². The van der Waals surface area contributed by atoms with Gasteiger partial charge in [-0.15, -0.1) is 0 Å². The molecule has 0 aliphatic carbocycles. The van der Waals surface area contributed by atoms with Crippen molar-refractivity contribution in [3.05, 3.63) is 18.2 Å². The van der Waals surface area contributed by atoms with E-state index in [0.29, 0.717) is 0 Å². The monoisotopic (exact) mass is 111 g/mol. The molecule has 3 nitrogen and oxygen atoms in total. The zero-order chi connectivity index (χ0) is 5.98. The van der Waals surface area contributed by atoms with Crippen molar-refractivity contribution in [2.45, 2.75) is 13.3 Å². The van der Waals surface area contributed by atoms with Crippen molar-refractivity contribution in [2.24, 2.45) is 0 Å². The molecule has 1 rings (SSSR count). The van der Waals surface area contributed by atoms with Gasteiger partial charge in [0.15, 0.2) is 0 Å². The lowest BCUT2D eigenvalue weighted by Gasteiger charge is -1.82. The summed E-state index contributed by atoms with van der Waals surface area (Å²) < 4.78 is 1.46. The van der Waals surface area contributed by atoms with E-state index in [0.717, 1.165) is 12.1 Å². The van der Waals surface area contributed by atoms with Crippen LogP contribution >= 0.6 is 0 Å². The molecule has 44 valence electrons. The van der Waals surface area contributed by atoms with Crippen LogP contribution in [-0.2, 0) is 6.42 Å². The smallest absolute Gasteiger partial charge is 0.114 e. The van der Waals surface area contributed by atoms with Crippen LogP contribution in [-0.4, -0.2) is 9.66 Å². The lowest BCUT2D eigenvalue weighted by Crippen LogP contribution is -2.02. The molecule has 0 aliphatic heterocycles. The fourth-order valence-corrected chi connectivity index (χ4v) is 0.562. The van der Waals surface area contributed by atoms with Crippen molar-refractivity contribution in [3.8, 4) is 0 Å². The Morgan fingerprint density at radius 3 is 2.88 bits per heavy atom. The molecule has 0 radical (unpaired) electrons. The standard InChI is InChI=1S/C5H9N3/c1-2-5-3-8(6)4-7-5/h3-4H,2,6H2,1H3. The van der Waals surface area contributed by atoms with E-state index in [1.54, 1.807) is 12.5 Å². The van der Waals surface area contributed by atoms with Crippen LogP contribution in [0.2, 0.25) is 0 Å². The molecule has 0 saturated carbocycles. The van der Waals surface area contributed by atoms with Crippen molar-refractivity contribution in [1.29, 1.82) is 0 Å². The number of nitrogens with two attached hydrogens (primary N) is 1. The molecule has 0 aromatic carbocycles. The van der Waals surface area contributed by atoms with Crippen molar-refractivity contribution >= 4 is 0 Å². The molecule has 1 aromatic rings. The van der Waals surface area contributed by atoms with Gasteiger partial charge in [-0.25, -0.2) is 4.98 Å². The molecule has 0 aliphatic rings. The van der Waals surface area contributed by atoms with E-state index in [9.17, 15) is 0 Å². The SMILES string of the molecule is CCc1cn(N)cn1. The summed E-state index contributed by atoms with van der Waals surface area (Å²) in [4.78, 5) is 3.97. The van der Waals surface area contributed by atoms with Gasteiger partial charge in [-0.2, -0.15) is 0 Å². The Bertz CT molecular complexity index is 168. The maximum atomic E-state index is 5.31. The van der Waals surface area contributed by atoms with Gasteiger partial charge in [0.1, 0.15) is 6.33 Å². The molecular formula is C5H9N3. The minimum atomic E-state index is 0.949. The Balaban J connectivity index is 2.84. The highest BCUT2D eigenvalue weighted by atomic mass is 15.3. The van der Waals surface area contributed by atoms with E-state index in [2.05, 4.69) is 4.98 Å². The highest BCUT2D eigenvalue weighted by Crippen LogP contribution is 1.90. The first kappa shape index (κ1) is 5.15. The third kappa shape index (κ3) is 0.804. The number of hydrogen-bond donors (Lipinski definition) is 1. The molecule has 0 spiro atoms. The number of aromatic nitrogens is 2. The number of imidazole rings is 1. The van der Waals surface area contributed by atoms with Crippen LogP contribution in [0, 0.1) is 0 Å². The van der Waals surface area contributed by atoms with E-state index in [-0.39, 0.29) is 0 Å². The van der Waals surface area contributed by atoms with E-state index >= 15 is 0 Å². The second-order valence-corrected chi connectivity index (χ2v) is 1.67. The first-order valence-electron chi connectivity index (χ1n) is 2.61. The van der Waals surface area contributed by atoms with Crippen molar-refractivity contribution in [3.63, 3.8) is 0 Å². The average Bonchev–Trinajstić information content (AvgIpc) is 2.14. The van der Waals surface area contributed by atoms with Crippen LogP contribution in [0.15, 0.2) is 12.5 Å². The topological polar surface area (TPSA) is 43.8 Å². The largest absolute Gasteiger partial charge is 0.338 e. The third-order valence-electron chi connectivity index (χ3n) is 1.02. The maximum absolute atomic E-state index is 5.31. The molecule has 0 fully saturated rings. The van der Waals surface area contributed by atoms with Gasteiger partial charge < -0.3 is 5.84 Å².